The van der Waals surface area contributed by atoms with Crippen LogP contribution in [0.25, 0.3) is 11.0 Å². The van der Waals surface area contributed by atoms with E-state index in [1.807, 2.05) is 0 Å². The SMILES string of the molecule is O=C(Cc1cscn1)Nc1nc2cc3c(cc2[nH]1)OC(F)(F)O3. The molecule has 118 valence electrons. The molecule has 4 rings (SSSR count). The molecule has 3 aromatic rings. The highest BCUT2D eigenvalue weighted by atomic mass is 32.1. The van der Waals surface area contributed by atoms with Crippen molar-refractivity contribution in [1.82, 2.24) is 15.0 Å². The van der Waals surface area contributed by atoms with E-state index in [0.29, 0.717) is 16.7 Å². The molecule has 7 nitrogen and oxygen atoms in total. The second-order valence-corrected chi connectivity index (χ2v) is 5.49. The van der Waals surface area contributed by atoms with Crippen LogP contribution in [-0.2, 0) is 11.2 Å². The van der Waals surface area contributed by atoms with E-state index in [1.54, 1.807) is 10.9 Å². The minimum Gasteiger partial charge on any atom is -0.395 e. The molecular weight excluding hydrogens is 330 g/mol. The van der Waals surface area contributed by atoms with Gasteiger partial charge < -0.3 is 14.5 Å². The zero-order valence-corrected chi connectivity index (χ0v) is 12.1. The summed E-state index contributed by atoms with van der Waals surface area (Å²) in [4.78, 5) is 22.9. The molecule has 0 saturated carbocycles. The summed E-state index contributed by atoms with van der Waals surface area (Å²) in [5, 5.41) is 4.37. The van der Waals surface area contributed by atoms with Crippen LogP contribution < -0.4 is 14.8 Å². The fourth-order valence-corrected chi connectivity index (χ4v) is 2.74. The van der Waals surface area contributed by atoms with Crippen LogP contribution in [0.1, 0.15) is 5.69 Å². The van der Waals surface area contributed by atoms with Gasteiger partial charge in [-0.2, -0.15) is 0 Å². The molecule has 0 aliphatic carbocycles. The standard InChI is InChI=1S/C13H8F2N4O3S/c14-13(15)21-9-2-7-8(3-10(9)22-13)18-12(17-7)19-11(20)1-6-4-23-5-16-6/h2-5H,1H2,(H2,17,18,19,20). The van der Waals surface area contributed by atoms with Crippen molar-refractivity contribution in [3.05, 3.63) is 28.7 Å². The van der Waals surface area contributed by atoms with Gasteiger partial charge in [-0.15, -0.1) is 20.1 Å². The first-order chi connectivity index (χ1) is 11.0. The number of carbonyl (C=O) groups is 1. The maximum Gasteiger partial charge on any atom is 0.586 e. The van der Waals surface area contributed by atoms with E-state index in [0.717, 1.165) is 0 Å². The van der Waals surface area contributed by atoms with Crippen molar-refractivity contribution in [1.29, 1.82) is 0 Å². The molecule has 1 aliphatic heterocycles. The quantitative estimate of drug-likeness (QED) is 0.766. The molecule has 0 radical (unpaired) electrons. The molecule has 0 fully saturated rings. The molecule has 0 saturated heterocycles. The fourth-order valence-electron chi connectivity index (χ4n) is 2.18. The lowest BCUT2D eigenvalue weighted by Crippen LogP contribution is -2.25. The van der Waals surface area contributed by atoms with Crippen molar-refractivity contribution >= 4 is 34.2 Å². The first-order valence-electron chi connectivity index (χ1n) is 6.45. The van der Waals surface area contributed by atoms with E-state index in [2.05, 4.69) is 29.7 Å². The number of aromatic nitrogens is 3. The highest BCUT2D eigenvalue weighted by Crippen LogP contribution is 2.42. The molecule has 0 spiro atoms. The number of amides is 1. The summed E-state index contributed by atoms with van der Waals surface area (Å²) in [6.07, 6.45) is -3.55. The van der Waals surface area contributed by atoms with E-state index < -0.39 is 6.29 Å². The molecule has 2 N–H and O–H groups in total. The summed E-state index contributed by atoms with van der Waals surface area (Å²) in [5.74, 6) is -0.280. The van der Waals surface area contributed by atoms with E-state index >= 15 is 0 Å². The van der Waals surface area contributed by atoms with E-state index in [1.165, 1.54) is 23.5 Å². The smallest absolute Gasteiger partial charge is 0.395 e. The minimum atomic E-state index is -3.67. The summed E-state index contributed by atoms with van der Waals surface area (Å²) < 4.78 is 34.7. The molecular formula is C13H8F2N4O3S. The number of hydrogen-bond donors (Lipinski definition) is 2. The number of thiazole rings is 1. The summed E-state index contributed by atoms with van der Waals surface area (Å²) in [6, 6.07) is 2.66. The van der Waals surface area contributed by atoms with Crippen molar-refractivity contribution in [3.8, 4) is 11.5 Å². The zero-order valence-electron chi connectivity index (χ0n) is 11.3. The monoisotopic (exact) mass is 338 g/mol. The van der Waals surface area contributed by atoms with E-state index in [-0.39, 0.29) is 29.8 Å². The summed E-state index contributed by atoms with van der Waals surface area (Å²) >= 11 is 1.40. The lowest BCUT2D eigenvalue weighted by molar-refractivity contribution is -0.286. The number of benzene rings is 1. The van der Waals surface area contributed by atoms with Crippen LogP contribution >= 0.6 is 11.3 Å². The predicted molar refractivity (Wildman–Crippen MR) is 76.7 cm³/mol. The Kier molecular flexibility index (Phi) is 2.94. The number of fused-ring (bicyclic) bond motifs is 2. The normalized spacial score (nSPS) is 15.0. The summed E-state index contributed by atoms with van der Waals surface area (Å²) in [7, 11) is 0. The van der Waals surface area contributed by atoms with Gasteiger partial charge in [0.1, 0.15) is 0 Å². The highest BCUT2D eigenvalue weighted by molar-refractivity contribution is 7.07. The Hall–Kier alpha value is -2.75. The van der Waals surface area contributed by atoms with Gasteiger partial charge in [-0.25, -0.2) is 9.97 Å². The van der Waals surface area contributed by atoms with Crippen molar-refractivity contribution in [2.24, 2.45) is 0 Å². The molecule has 2 aromatic heterocycles. The number of hydrogen-bond acceptors (Lipinski definition) is 6. The van der Waals surface area contributed by atoms with Crippen LogP contribution in [-0.4, -0.2) is 27.2 Å². The number of ether oxygens (including phenoxy) is 2. The van der Waals surface area contributed by atoms with Gasteiger partial charge in [0.2, 0.25) is 11.9 Å². The average Bonchev–Trinajstić information content (AvgIpc) is 3.12. The van der Waals surface area contributed by atoms with Crippen LogP contribution in [0.3, 0.4) is 0 Å². The number of H-pyrrole nitrogens is 1. The lowest BCUT2D eigenvalue weighted by atomic mass is 10.3. The second-order valence-electron chi connectivity index (χ2n) is 4.77. The molecule has 1 aromatic carbocycles. The molecule has 3 heterocycles. The van der Waals surface area contributed by atoms with E-state index in [4.69, 9.17) is 0 Å². The predicted octanol–water partition coefficient (Wildman–Crippen LogP) is 2.52. The minimum absolute atomic E-state index is 0.0912. The van der Waals surface area contributed by atoms with Crippen molar-refractivity contribution in [3.63, 3.8) is 0 Å². The van der Waals surface area contributed by atoms with Gasteiger partial charge in [-0.1, -0.05) is 0 Å². The van der Waals surface area contributed by atoms with E-state index in [9.17, 15) is 13.6 Å². The Morgan fingerprint density at radius 1 is 1.35 bits per heavy atom. The first-order valence-corrected chi connectivity index (χ1v) is 7.39. The van der Waals surface area contributed by atoms with Gasteiger partial charge in [0, 0.05) is 17.5 Å². The number of nitrogens with zero attached hydrogens (tertiary/aromatic N) is 2. The number of anilines is 1. The van der Waals surface area contributed by atoms with Crippen molar-refractivity contribution in [2.45, 2.75) is 12.7 Å². The topological polar surface area (TPSA) is 89.1 Å². The lowest BCUT2D eigenvalue weighted by Gasteiger charge is -2.04. The van der Waals surface area contributed by atoms with Gasteiger partial charge in [0.25, 0.3) is 0 Å². The molecule has 1 aliphatic rings. The van der Waals surface area contributed by atoms with Crippen LogP contribution in [0.15, 0.2) is 23.0 Å². The number of aromatic amines is 1. The van der Waals surface area contributed by atoms with Gasteiger partial charge in [0.15, 0.2) is 11.5 Å². The summed E-state index contributed by atoms with van der Waals surface area (Å²) in [6.45, 7) is 0. The highest BCUT2D eigenvalue weighted by Gasteiger charge is 2.43. The van der Waals surface area contributed by atoms with Crippen molar-refractivity contribution < 1.29 is 23.0 Å². The molecule has 23 heavy (non-hydrogen) atoms. The van der Waals surface area contributed by atoms with Gasteiger partial charge >= 0.3 is 6.29 Å². The van der Waals surface area contributed by atoms with Crippen LogP contribution in [0.4, 0.5) is 14.7 Å². The number of alkyl halides is 2. The number of nitrogens with one attached hydrogen (secondary N) is 2. The van der Waals surface area contributed by atoms with Crippen LogP contribution in [0.2, 0.25) is 0 Å². The maximum absolute atomic E-state index is 13.0. The molecule has 0 bridgehead atoms. The first kappa shape index (κ1) is 13.9. The van der Waals surface area contributed by atoms with Crippen LogP contribution in [0.5, 0.6) is 11.5 Å². The zero-order chi connectivity index (χ0) is 16.0. The third-order valence-corrected chi connectivity index (χ3v) is 3.72. The Bertz CT molecular complexity index is 849. The number of halogens is 2. The Balaban J connectivity index is 1.55. The van der Waals surface area contributed by atoms with Gasteiger partial charge in [-0.3, -0.25) is 10.1 Å². The Labute approximate surface area is 131 Å². The molecule has 10 heteroatoms. The average molecular weight is 338 g/mol. The second kappa shape index (κ2) is 4.88. The Morgan fingerprint density at radius 2 is 2.13 bits per heavy atom. The molecule has 1 amide bonds. The largest absolute Gasteiger partial charge is 0.586 e. The number of carbonyl (C=O) groups excluding carboxylic acids is 1. The van der Waals surface area contributed by atoms with Gasteiger partial charge in [-0.05, 0) is 0 Å². The summed E-state index contributed by atoms with van der Waals surface area (Å²) in [5.41, 5.74) is 3.11. The third kappa shape index (κ3) is 2.68. The fraction of sp³-hybridized carbons (Fsp3) is 0.154. The molecule has 0 atom stereocenters. The third-order valence-electron chi connectivity index (χ3n) is 3.09. The molecule has 0 unspecified atom stereocenters. The number of imidazole rings is 1. The number of rotatable bonds is 3. The van der Waals surface area contributed by atoms with Crippen LogP contribution in [0, 0.1) is 0 Å². The maximum atomic E-state index is 13.0. The Morgan fingerprint density at radius 3 is 2.87 bits per heavy atom. The van der Waals surface area contributed by atoms with Crippen molar-refractivity contribution in [2.75, 3.05) is 5.32 Å². The van der Waals surface area contributed by atoms with Gasteiger partial charge in [0.05, 0.1) is 28.7 Å².